The second-order valence-electron chi connectivity index (χ2n) is 10.2. The fraction of sp³-hybridized carbons (Fsp3) is 0.414. The lowest BCUT2D eigenvalue weighted by molar-refractivity contribution is 0.0600. The number of rotatable bonds is 7. The number of hydrogen-bond acceptors (Lipinski definition) is 8. The van der Waals surface area contributed by atoms with E-state index in [2.05, 4.69) is 46.0 Å². The van der Waals surface area contributed by atoms with Gasteiger partial charge in [-0.2, -0.15) is 0 Å². The zero-order chi connectivity index (χ0) is 27.7. The van der Waals surface area contributed by atoms with Crippen molar-refractivity contribution in [2.45, 2.75) is 35.1 Å². The first-order chi connectivity index (χ1) is 18.8. The van der Waals surface area contributed by atoms with E-state index in [1.54, 1.807) is 29.4 Å². The van der Waals surface area contributed by atoms with Crippen molar-refractivity contribution in [1.82, 2.24) is 14.0 Å². The molecule has 3 aromatic rings. The minimum Gasteiger partial charge on any atom is -0.465 e. The predicted molar refractivity (Wildman–Crippen MR) is 155 cm³/mol. The van der Waals surface area contributed by atoms with Crippen molar-refractivity contribution in [2.24, 2.45) is 14.1 Å². The SMILES string of the molecule is COC(=O)c1ccc2c(c1)N(CCCN(C)C1CCN(c3cc(=O)n(C)c(=O)n3C)CC1)c1ccccc1S2. The van der Waals surface area contributed by atoms with Crippen molar-refractivity contribution in [2.75, 3.05) is 50.1 Å². The van der Waals surface area contributed by atoms with Crippen LogP contribution in [-0.4, -0.2) is 66.4 Å². The summed E-state index contributed by atoms with van der Waals surface area (Å²) in [4.78, 5) is 46.0. The molecule has 2 aromatic carbocycles. The molecule has 206 valence electrons. The summed E-state index contributed by atoms with van der Waals surface area (Å²) in [6.45, 7) is 3.37. The maximum Gasteiger partial charge on any atom is 0.337 e. The third-order valence-electron chi connectivity index (χ3n) is 7.85. The van der Waals surface area contributed by atoms with Gasteiger partial charge in [-0.25, -0.2) is 9.59 Å². The van der Waals surface area contributed by atoms with Crippen molar-refractivity contribution in [3.8, 4) is 0 Å². The van der Waals surface area contributed by atoms with Gasteiger partial charge < -0.3 is 19.4 Å². The van der Waals surface area contributed by atoms with E-state index in [4.69, 9.17) is 4.74 Å². The van der Waals surface area contributed by atoms with E-state index in [0.29, 0.717) is 17.4 Å². The van der Waals surface area contributed by atoms with Crippen LogP contribution in [0.2, 0.25) is 0 Å². The van der Waals surface area contributed by atoms with E-state index in [1.807, 2.05) is 18.2 Å². The molecule has 1 fully saturated rings. The first-order valence-electron chi connectivity index (χ1n) is 13.3. The van der Waals surface area contributed by atoms with Crippen LogP contribution >= 0.6 is 11.8 Å². The number of methoxy groups -OCH3 is 1. The number of ether oxygens (including phenoxy) is 1. The topological polar surface area (TPSA) is 80.0 Å². The van der Waals surface area contributed by atoms with Crippen LogP contribution in [0.4, 0.5) is 17.2 Å². The summed E-state index contributed by atoms with van der Waals surface area (Å²) in [6.07, 6.45) is 2.89. The Morgan fingerprint density at radius 1 is 1.00 bits per heavy atom. The van der Waals surface area contributed by atoms with Gasteiger partial charge in [-0.15, -0.1) is 0 Å². The first-order valence-corrected chi connectivity index (χ1v) is 14.1. The molecule has 2 aliphatic rings. The molecular formula is C29H35N5O4S. The average molecular weight is 550 g/mol. The van der Waals surface area contributed by atoms with Gasteiger partial charge in [0.25, 0.3) is 5.56 Å². The molecule has 0 saturated carbocycles. The summed E-state index contributed by atoms with van der Waals surface area (Å²) in [5.41, 5.74) is 2.18. The molecule has 10 heteroatoms. The number of esters is 1. The summed E-state index contributed by atoms with van der Waals surface area (Å²) < 4.78 is 7.66. The molecule has 0 aliphatic carbocycles. The van der Waals surface area contributed by atoms with Crippen LogP contribution < -0.4 is 21.0 Å². The largest absolute Gasteiger partial charge is 0.465 e. The Bertz CT molecular complexity index is 1490. The fourth-order valence-electron chi connectivity index (χ4n) is 5.54. The zero-order valence-electron chi connectivity index (χ0n) is 22.9. The van der Waals surface area contributed by atoms with Gasteiger partial charge >= 0.3 is 11.7 Å². The number of hydrogen-bond donors (Lipinski definition) is 0. The van der Waals surface area contributed by atoms with Crippen LogP contribution in [0.3, 0.4) is 0 Å². The summed E-state index contributed by atoms with van der Waals surface area (Å²) in [7, 11) is 6.82. The van der Waals surface area contributed by atoms with Crippen LogP contribution in [0.1, 0.15) is 29.6 Å². The molecule has 0 bridgehead atoms. The number of fused-ring (bicyclic) bond motifs is 2. The molecule has 5 rings (SSSR count). The average Bonchev–Trinajstić information content (AvgIpc) is 2.96. The van der Waals surface area contributed by atoms with E-state index in [0.717, 1.165) is 66.3 Å². The predicted octanol–water partition coefficient (Wildman–Crippen LogP) is 3.46. The lowest BCUT2D eigenvalue weighted by atomic mass is 10.0. The van der Waals surface area contributed by atoms with Gasteiger partial charge in [0.2, 0.25) is 0 Å². The van der Waals surface area contributed by atoms with Crippen molar-refractivity contribution in [3.05, 3.63) is 74.9 Å². The number of piperidine rings is 1. The number of anilines is 3. The van der Waals surface area contributed by atoms with Crippen LogP contribution in [0, 0.1) is 0 Å². The van der Waals surface area contributed by atoms with E-state index in [1.165, 1.54) is 19.1 Å². The molecular weight excluding hydrogens is 514 g/mol. The standard InChI is InChI=1S/C29H35N5O4S/c1-30(21-12-16-33(17-13-21)26-19-27(35)32(3)29(37)31(26)2)14-7-15-34-22-8-5-6-9-24(22)39-25-11-10-20(18-23(25)34)28(36)38-4/h5-6,8-11,18-19,21H,7,12-17H2,1-4H3. The highest BCUT2D eigenvalue weighted by Crippen LogP contribution is 2.48. The van der Waals surface area contributed by atoms with Crippen molar-refractivity contribution in [3.63, 3.8) is 0 Å². The maximum absolute atomic E-state index is 12.4. The zero-order valence-corrected chi connectivity index (χ0v) is 23.7. The third-order valence-corrected chi connectivity index (χ3v) is 8.98. The summed E-state index contributed by atoms with van der Waals surface area (Å²) in [6, 6.07) is 16.2. The second-order valence-corrected chi connectivity index (χ2v) is 11.3. The van der Waals surface area contributed by atoms with Crippen LogP contribution in [-0.2, 0) is 18.8 Å². The maximum atomic E-state index is 12.4. The van der Waals surface area contributed by atoms with E-state index >= 15 is 0 Å². The van der Waals surface area contributed by atoms with E-state index in [-0.39, 0.29) is 17.2 Å². The van der Waals surface area contributed by atoms with Crippen molar-refractivity contribution < 1.29 is 9.53 Å². The number of benzene rings is 2. The minimum absolute atomic E-state index is 0.273. The molecule has 0 unspecified atom stereocenters. The molecule has 3 heterocycles. The molecule has 0 radical (unpaired) electrons. The monoisotopic (exact) mass is 549 g/mol. The number of carbonyl (C=O) groups excluding carboxylic acids is 1. The van der Waals surface area contributed by atoms with Crippen molar-refractivity contribution in [1.29, 1.82) is 0 Å². The van der Waals surface area contributed by atoms with Gasteiger partial charge in [-0.3, -0.25) is 13.9 Å². The smallest absolute Gasteiger partial charge is 0.337 e. The van der Waals surface area contributed by atoms with E-state index in [9.17, 15) is 14.4 Å². The van der Waals surface area contributed by atoms with Crippen LogP contribution in [0.5, 0.6) is 0 Å². The fourth-order valence-corrected chi connectivity index (χ4v) is 6.61. The minimum atomic E-state index is -0.330. The van der Waals surface area contributed by atoms with Gasteiger partial charge in [-0.1, -0.05) is 23.9 Å². The first kappa shape index (κ1) is 27.1. The highest BCUT2D eigenvalue weighted by atomic mass is 32.2. The Labute approximate surface area is 232 Å². The van der Waals surface area contributed by atoms with Gasteiger partial charge in [0, 0.05) is 55.6 Å². The highest BCUT2D eigenvalue weighted by molar-refractivity contribution is 7.99. The highest BCUT2D eigenvalue weighted by Gasteiger charge is 2.27. The lowest BCUT2D eigenvalue weighted by Gasteiger charge is -2.38. The lowest BCUT2D eigenvalue weighted by Crippen LogP contribution is -2.47. The molecule has 2 aliphatic heterocycles. The Balaban J connectivity index is 1.23. The van der Waals surface area contributed by atoms with Gasteiger partial charge in [-0.05, 0) is 63.2 Å². The molecule has 0 amide bonds. The Hall–Kier alpha value is -3.50. The van der Waals surface area contributed by atoms with Crippen LogP contribution in [0.25, 0.3) is 0 Å². The molecule has 39 heavy (non-hydrogen) atoms. The molecule has 1 aromatic heterocycles. The van der Waals surface area contributed by atoms with Crippen molar-refractivity contribution >= 4 is 34.9 Å². The Morgan fingerprint density at radius 2 is 1.72 bits per heavy atom. The van der Waals surface area contributed by atoms with Gasteiger partial charge in [0.15, 0.2) is 0 Å². The molecule has 0 spiro atoms. The quantitative estimate of drug-likeness (QED) is 0.415. The van der Waals surface area contributed by atoms with Gasteiger partial charge in [0.1, 0.15) is 5.82 Å². The molecule has 9 nitrogen and oxygen atoms in total. The second kappa shape index (κ2) is 11.3. The molecule has 0 atom stereocenters. The molecule has 1 saturated heterocycles. The third kappa shape index (κ3) is 5.35. The normalized spacial score (nSPS) is 15.3. The summed E-state index contributed by atoms with van der Waals surface area (Å²) >= 11 is 1.73. The van der Waals surface area contributed by atoms with Gasteiger partial charge in [0.05, 0.1) is 24.0 Å². The summed E-state index contributed by atoms with van der Waals surface area (Å²) in [5.74, 6) is 0.361. The summed E-state index contributed by atoms with van der Waals surface area (Å²) in [5, 5.41) is 0. The van der Waals surface area contributed by atoms with E-state index < -0.39 is 0 Å². The number of para-hydroxylation sites is 1. The number of carbonyl (C=O) groups is 1. The Kier molecular flexibility index (Phi) is 7.86. The van der Waals surface area contributed by atoms with Crippen LogP contribution in [0.15, 0.2) is 67.9 Å². The molecule has 0 N–H and O–H groups in total. The number of nitrogens with zero attached hydrogens (tertiary/aromatic N) is 5. The number of aromatic nitrogens is 2. The Morgan fingerprint density at radius 3 is 2.46 bits per heavy atom.